The lowest BCUT2D eigenvalue weighted by molar-refractivity contribution is 0.905. The van der Waals surface area contributed by atoms with Crippen LogP contribution in [0, 0.1) is 18.3 Å². The first-order chi connectivity index (χ1) is 13.7. The Morgan fingerprint density at radius 3 is 2.68 bits per heavy atom. The third kappa shape index (κ3) is 3.21. The maximum atomic E-state index is 9.40. The van der Waals surface area contributed by atoms with Gasteiger partial charge in [0.05, 0.1) is 17.1 Å². The second-order valence-electron chi connectivity index (χ2n) is 6.71. The van der Waals surface area contributed by atoms with Gasteiger partial charge in [-0.25, -0.2) is 4.98 Å². The summed E-state index contributed by atoms with van der Waals surface area (Å²) < 4.78 is 2.00. The van der Waals surface area contributed by atoms with E-state index in [1.54, 1.807) is 0 Å². The van der Waals surface area contributed by atoms with Crippen LogP contribution in [-0.4, -0.2) is 14.5 Å². The molecule has 0 fully saturated rings. The van der Waals surface area contributed by atoms with Crippen molar-refractivity contribution in [2.45, 2.75) is 26.8 Å². The molecule has 28 heavy (non-hydrogen) atoms. The Bertz CT molecular complexity index is 1170. The minimum Gasteiger partial charge on any atom is -0.366 e. The minimum atomic E-state index is 0.607. The van der Waals surface area contributed by atoms with E-state index in [9.17, 15) is 5.26 Å². The molecule has 5 heteroatoms. The number of nitrogens with zero attached hydrogens (tertiary/aromatic N) is 4. The van der Waals surface area contributed by atoms with Gasteiger partial charge >= 0.3 is 0 Å². The van der Waals surface area contributed by atoms with E-state index < -0.39 is 0 Å². The molecule has 2 aromatic carbocycles. The van der Waals surface area contributed by atoms with Crippen LogP contribution in [0.2, 0.25) is 0 Å². The Balaban J connectivity index is 1.76. The molecule has 0 bridgehead atoms. The molecule has 2 heterocycles. The van der Waals surface area contributed by atoms with Crippen LogP contribution in [0.3, 0.4) is 0 Å². The van der Waals surface area contributed by atoms with Crippen molar-refractivity contribution in [3.8, 4) is 12.0 Å². The van der Waals surface area contributed by atoms with Crippen LogP contribution >= 0.6 is 0 Å². The summed E-state index contributed by atoms with van der Waals surface area (Å²) in [4.78, 5) is 9.43. The molecule has 0 saturated carbocycles. The number of anilines is 1. The molecule has 0 aliphatic rings. The third-order valence-electron chi connectivity index (χ3n) is 4.89. The summed E-state index contributed by atoms with van der Waals surface area (Å²) in [7, 11) is 0. The second-order valence-corrected chi connectivity index (χ2v) is 6.71. The molecule has 4 aromatic rings. The largest absolute Gasteiger partial charge is 0.366 e. The van der Waals surface area contributed by atoms with E-state index >= 15 is 0 Å². The van der Waals surface area contributed by atoms with Crippen molar-refractivity contribution in [1.82, 2.24) is 14.5 Å². The van der Waals surface area contributed by atoms with Crippen LogP contribution in [0.15, 0.2) is 60.8 Å². The van der Waals surface area contributed by atoms with E-state index in [1.807, 2.05) is 60.2 Å². The van der Waals surface area contributed by atoms with E-state index in [2.05, 4.69) is 35.4 Å². The zero-order valence-electron chi connectivity index (χ0n) is 16.0. The highest BCUT2D eigenvalue weighted by Gasteiger charge is 2.14. The van der Waals surface area contributed by atoms with Crippen LogP contribution in [0.4, 0.5) is 5.82 Å². The van der Waals surface area contributed by atoms with Crippen molar-refractivity contribution in [1.29, 1.82) is 5.26 Å². The first-order valence-corrected chi connectivity index (χ1v) is 9.36. The third-order valence-corrected chi connectivity index (χ3v) is 4.89. The van der Waals surface area contributed by atoms with Crippen LogP contribution in [-0.2, 0) is 13.0 Å². The van der Waals surface area contributed by atoms with Gasteiger partial charge in [0.15, 0.2) is 0 Å². The molecule has 0 spiro atoms. The summed E-state index contributed by atoms with van der Waals surface area (Å²) in [6, 6.07) is 20.3. The van der Waals surface area contributed by atoms with Crippen molar-refractivity contribution in [3.05, 3.63) is 83.2 Å². The maximum absolute atomic E-state index is 9.40. The number of rotatable bonds is 5. The highest BCUT2D eigenvalue weighted by Crippen LogP contribution is 2.26. The van der Waals surface area contributed by atoms with Gasteiger partial charge in [0.2, 0.25) is 5.95 Å². The Labute approximate surface area is 164 Å². The molecule has 0 radical (unpaired) electrons. The van der Waals surface area contributed by atoms with Gasteiger partial charge in [0.1, 0.15) is 5.82 Å². The van der Waals surface area contributed by atoms with Crippen LogP contribution in [0.25, 0.3) is 16.9 Å². The van der Waals surface area contributed by atoms with Crippen LogP contribution in [0.5, 0.6) is 0 Å². The number of hydrogen-bond donors (Lipinski definition) is 1. The molecule has 0 amide bonds. The van der Waals surface area contributed by atoms with Gasteiger partial charge in [-0.1, -0.05) is 43.3 Å². The second kappa shape index (κ2) is 7.53. The van der Waals surface area contributed by atoms with Crippen molar-refractivity contribution >= 4 is 16.7 Å². The summed E-state index contributed by atoms with van der Waals surface area (Å²) in [6.07, 6.45) is 2.73. The van der Waals surface area contributed by atoms with Gasteiger partial charge in [0.25, 0.3) is 0 Å². The van der Waals surface area contributed by atoms with Crippen LogP contribution in [0.1, 0.15) is 29.3 Å². The average molecular weight is 367 g/mol. The van der Waals surface area contributed by atoms with Gasteiger partial charge < -0.3 is 5.32 Å². The lowest BCUT2D eigenvalue weighted by Crippen LogP contribution is -2.09. The van der Waals surface area contributed by atoms with Gasteiger partial charge in [0, 0.05) is 29.4 Å². The van der Waals surface area contributed by atoms with E-state index in [0.29, 0.717) is 18.1 Å². The van der Waals surface area contributed by atoms with Crippen molar-refractivity contribution < 1.29 is 0 Å². The van der Waals surface area contributed by atoms with E-state index in [1.165, 1.54) is 5.56 Å². The lowest BCUT2D eigenvalue weighted by Gasteiger charge is -2.13. The quantitative estimate of drug-likeness (QED) is 0.551. The molecule has 0 atom stereocenters. The fraction of sp³-hybridized carbons (Fsp3) is 0.174. The normalized spacial score (nSPS) is 10.8. The molecule has 0 saturated heterocycles. The zero-order valence-corrected chi connectivity index (χ0v) is 16.0. The number of fused-ring (bicyclic) bond motifs is 1. The number of aryl methyl sites for hydroxylation is 2. The number of nitrogens with one attached hydrogen (secondary N) is 1. The molecule has 0 aliphatic carbocycles. The summed E-state index contributed by atoms with van der Waals surface area (Å²) in [5.41, 5.74) is 4.87. The highest BCUT2D eigenvalue weighted by molar-refractivity contribution is 5.88. The Hall–Kier alpha value is -3.65. The van der Waals surface area contributed by atoms with Gasteiger partial charge in [-0.3, -0.25) is 4.57 Å². The predicted molar refractivity (Wildman–Crippen MR) is 111 cm³/mol. The SMILES string of the molecule is CCc1cnc(-n2c(C)cc3c(C#N)cccc32)nc1NCc1ccccc1. The predicted octanol–water partition coefficient (Wildman–Crippen LogP) is 4.78. The molecule has 0 aliphatic heterocycles. The Morgan fingerprint density at radius 2 is 1.93 bits per heavy atom. The summed E-state index contributed by atoms with van der Waals surface area (Å²) in [5, 5.41) is 13.8. The van der Waals surface area contributed by atoms with Crippen molar-refractivity contribution in [2.24, 2.45) is 0 Å². The van der Waals surface area contributed by atoms with Gasteiger partial charge in [-0.15, -0.1) is 0 Å². The first-order valence-electron chi connectivity index (χ1n) is 9.36. The Kier molecular flexibility index (Phi) is 4.77. The standard InChI is InChI=1S/C23H21N5/c1-3-18-15-26-23(27-22(18)25-14-17-8-5-4-6-9-17)28-16(2)12-20-19(13-24)10-7-11-21(20)28/h4-12,15H,3,14H2,1-2H3,(H,25,26,27). The molecule has 5 nitrogen and oxygen atoms in total. The minimum absolute atomic E-state index is 0.607. The maximum Gasteiger partial charge on any atom is 0.236 e. The first kappa shape index (κ1) is 17.7. The van der Waals surface area contributed by atoms with Crippen molar-refractivity contribution in [2.75, 3.05) is 5.32 Å². The molecule has 4 rings (SSSR count). The monoisotopic (exact) mass is 367 g/mol. The molecule has 2 aromatic heterocycles. The van der Waals surface area contributed by atoms with Gasteiger partial charge in [-0.05, 0) is 37.1 Å². The van der Waals surface area contributed by atoms with E-state index in [0.717, 1.165) is 34.4 Å². The van der Waals surface area contributed by atoms with E-state index in [4.69, 9.17) is 4.98 Å². The molecule has 0 unspecified atom stereocenters. The lowest BCUT2D eigenvalue weighted by atomic mass is 10.1. The molecular formula is C23H21N5. The molecule has 138 valence electrons. The smallest absolute Gasteiger partial charge is 0.236 e. The van der Waals surface area contributed by atoms with Gasteiger partial charge in [-0.2, -0.15) is 10.2 Å². The topological polar surface area (TPSA) is 66.5 Å². The fourth-order valence-electron chi connectivity index (χ4n) is 3.42. The highest BCUT2D eigenvalue weighted by atomic mass is 15.2. The average Bonchev–Trinajstić information content (AvgIpc) is 3.08. The zero-order chi connectivity index (χ0) is 19.5. The van der Waals surface area contributed by atoms with Crippen molar-refractivity contribution in [3.63, 3.8) is 0 Å². The summed E-state index contributed by atoms with van der Waals surface area (Å²) in [6.45, 7) is 4.81. The number of benzene rings is 2. The number of hydrogen-bond acceptors (Lipinski definition) is 4. The summed E-state index contributed by atoms with van der Waals surface area (Å²) in [5.74, 6) is 1.45. The number of nitriles is 1. The number of aromatic nitrogens is 3. The Morgan fingerprint density at radius 1 is 1.11 bits per heavy atom. The van der Waals surface area contributed by atoms with Crippen LogP contribution < -0.4 is 5.32 Å². The molecule has 1 N–H and O–H groups in total. The molecular weight excluding hydrogens is 346 g/mol. The van der Waals surface area contributed by atoms with E-state index in [-0.39, 0.29) is 0 Å². The summed E-state index contributed by atoms with van der Waals surface area (Å²) >= 11 is 0. The fourth-order valence-corrected chi connectivity index (χ4v) is 3.42.